The van der Waals surface area contributed by atoms with Gasteiger partial charge in [0.2, 0.25) is 5.91 Å². The molecule has 0 spiro atoms. The van der Waals surface area contributed by atoms with Gasteiger partial charge in [-0.2, -0.15) is 13.2 Å². The second-order valence-corrected chi connectivity index (χ2v) is 9.51. The van der Waals surface area contributed by atoms with E-state index in [1.165, 1.54) is 7.11 Å². The van der Waals surface area contributed by atoms with Crippen LogP contribution in [0.2, 0.25) is 0 Å². The maximum atomic E-state index is 13.0. The molecule has 1 amide bonds. The number of methoxy groups -OCH3 is 2. The Labute approximate surface area is 238 Å². The second kappa shape index (κ2) is 16.0. The molecule has 13 heteroatoms. The molecule has 3 aromatic rings. The number of nitrogens with one attached hydrogen (secondary N) is 1. The first-order valence-electron chi connectivity index (χ1n) is 12.2. The number of ether oxygens (including phenoxy) is 2. The van der Waals surface area contributed by atoms with Crippen LogP contribution in [0.3, 0.4) is 0 Å². The van der Waals surface area contributed by atoms with Crippen molar-refractivity contribution in [1.29, 1.82) is 0 Å². The summed E-state index contributed by atoms with van der Waals surface area (Å²) in [7, 11) is 3.09. The first-order chi connectivity index (χ1) is 19.4. The molecule has 1 atom stereocenters. The van der Waals surface area contributed by atoms with Crippen molar-refractivity contribution in [3.63, 3.8) is 0 Å². The lowest BCUT2D eigenvalue weighted by Crippen LogP contribution is -2.40. The number of halogens is 3. The molecule has 0 saturated heterocycles. The van der Waals surface area contributed by atoms with Crippen LogP contribution in [0.25, 0.3) is 0 Å². The number of alkyl halides is 3. The maximum Gasteiger partial charge on any atom is 0.490 e. The molecule has 0 aliphatic heterocycles. The van der Waals surface area contributed by atoms with Gasteiger partial charge < -0.3 is 20.3 Å². The van der Waals surface area contributed by atoms with Crippen molar-refractivity contribution in [2.24, 2.45) is 10.7 Å². The maximum absolute atomic E-state index is 13.0. The Hall–Kier alpha value is -4.39. The number of thiophene rings is 1. The SMILES string of the molecule is COc1ccc(CC(=O)NC(N)=N[C@H](Cc2ccccc2)C(=O)CCc2cccs2)cc1OC.O=C(O)C(F)(F)F. The van der Waals surface area contributed by atoms with E-state index in [2.05, 4.69) is 10.3 Å². The van der Waals surface area contributed by atoms with Crippen molar-refractivity contribution in [2.45, 2.75) is 37.9 Å². The van der Waals surface area contributed by atoms with Crippen molar-refractivity contribution < 1.29 is 42.1 Å². The van der Waals surface area contributed by atoms with Gasteiger partial charge in [-0.3, -0.25) is 14.9 Å². The van der Waals surface area contributed by atoms with Gasteiger partial charge in [0.05, 0.1) is 20.6 Å². The molecule has 220 valence electrons. The summed E-state index contributed by atoms with van der Waals surface area (Å²) >= 11 is 1.62. The molecule has 1 heterocycles. The van der Waals surface area contributed by atoms with E-state index in [0.29, 0.717) is 30.8 Å². The third kappa shape index (κ3) is 11.7. The number of Topliss-reactive ketones (excluding diaryl/α,β-unsaturated/α-hetero) is 1. The number of aliphatic imine (C=N–C) groups is 1. The number of carbonyl (C=O) groups excluding carboxylic acids is 2. The zero-order chi connectivity index (χ0) is 30.4. The lowest BCUT2D eigenvalue weighted by molar-refractivity contribution is -0.192. The molecule has 0 fully saturated rings. The molecule has 0 radical (unpaired) electrons. The fourth-order valence-electron chi connectivity index (χ4n) is 3.50. The first-order valence-corrected chi connectivity index (χ1v) is 13.0. The average molecular weight is 594 g/mol. The molecule has 3 rings (SSSR count). The van der Waals surface area contributed by atoms with Gasteiger partial charge in [0.1, 0.15) is 6.04 Å². The van der Waals surface area contributed by atoms with Crippen LogP contribution in [0, 0.1) is 0 Å². The topological polar surface area (TPSA) is 140 Å². The molecule has 41 heavy (non-hydrogen) atoms. The van der Waals surface area contributed by atoms with Gasteiger partial charge in [-0.05, 0) is 41.1 Å². The number of aliphatic carboxylic acids is 1. The standard InChI is InChI=1S/C26H29N3O4S.C2HF3O2/c1-32-23-13-10-19(16-24(23)33-2)17-25(31)29-26(27)28-21(15-18-7-4-3-5-8-18)22(30)12-11-20-9-6-14-34-20;3-2(4,5)1(6)7/h3-10,13-14,16,21H,11-12,15,17H2,1-2H3,(H3,27,28,29,31);(H,6,7)/t21-;/m1./s1. The molecule has 0 saturated carbocycles. The summed E-state index contributed by atoms with van der Waals surface area (Å²) in [4.78, 5) is 40.0. The Morgan fingerprint density at radius 3 is 2.22 bits per heavy atom. The number of amides is 1. The lowest BCUT2D eigenvalue weighted by atomic mass is 10.00. The number of carboxylic acid groups (broad SMARTS) is 1. The number of benzene rings is 2. The number of ketones is 1. The Bertz CT molecular complexity index is 1320. The lowest BCUT2D eigenvalue weighted by Gasteiger charge is -2.14. The van der Waals surface area contributed by atoms with E-state index in [1.54, 1.807) is 36.6 Å². The summed E-state index contributed by atoms with van der Waals surface area (Å²) in [5.41, 5.74) is 7.75. The predicted octanol–water partition coefficient (Wildman–Crippen LogP) is 4.19. The number of nitrogens with two attached hydrogens (primary N) is 1. The smallest absolute Gasteiger partial charge is 0.490 e. The number of hydrogen-bond acceptors (Lipinski definition) is 7. The molecule has 0 aliphatic carbocycles. The fourth-order valence-corrected chi connectivity index (χ4v) is 4.21. The van der Waals surface area contributed by atoms with Crippen molar-refractivity contribution in [1.82, 2.24) is 5.32 Å². The highest BCUT2D eigenvalue weighted by Gasteiger charge is 2.38. The van der Waals surface area contributed by atoms with Crippen LogP contribution in [-0.4, -0.2) is 55.2 Å². The van der Waals surface area contributed by atoms with E-state index in [9.17, 15) is 22.8 Å². The largest absolute Gasteiger partial charge is 0.493 e. The summed E-state index contributed by atoms with van der Waals surface area (Å²) in [5.74, 6) is -2.07. The third-order valence-corrected chi connectivity index (χ3v) is 6.40. The molecular weight excluding hydrogens is 563 g/mol. The molecule has 2 aromatic carbocycles. The highest BCUT2D eigenvalue weighted by molar-refractivity contribution is 7.09. The number of carboxylic acids is 1. The second-order valence-electron chi connectivity index (χ2n) is 8.48. The Balaban J connectivity index is 0.000000745. The zero-order valence-corrected chi connectivity index (χ0v) is 23.1. The molecule has 1 aromatic heterocycles. The molecule has 4 N–H and O–H groups in total. The minimum absolute atomic E-state index is 0.0191. The van der Waals surface area contributed by atoms with Crippen LogP contribution in [-0.2, 0) is 33.6 Å². The van der Waals surface area contributed by atoms with Crippen LogP contribution >= 0.6 is 11.3 Å². The van der Waals surface area contributed by atoms with Gasteiger partial charge in [0.25, 0.3) is 0 Å². The van der Waals surface area contributed by atoms with Gasteiger partial charge in [-0.15, -0.1) is 11.3 Å². The molecule has 0 aliphatic rings. The number of nitrogens with zero attached hydrogens (tertiary/aromatic N) is 1. The Kier molecular flexibility index (Phi) is 12.8. The number of rotatable bonds is 11. The fraction of sp³-hybridized carbons (Fsp3) is 0.286. The van der Waals surface area contributed by atoms with Crippen molar-refractivity contribution >= 4 is 35.0 Å². The van der Waals surface area contributed by atoms with Crippen molar-refractivity contribution in [3.05, 3.63) is 82.0 Å². The quantitative estimate of drug-likeness (QED) is 0.224. The average Bonchev–Trinajstić information content (AvgIpc) is 3.45. The van der Waals surface area contributed by atoms with Gasteiger partial charge in [0, 0.05) is 17.7 Å². The van der Waals surface area contributed by atoms with Crippen LogP contribution in [0.15, 0.2) is 71.0 Å². The Morgan fingerprint density at radius 2 is 1.66 bits per heavy atom. The van der Waals surface area contributed by atoms with E-state index in [-0.39, 0.29) is 24.1 Å². The van der Waals surface area contributed by atoms with Gasteiger partial charge >= 0.3 is 12.1 Å². The molecule has 0 bridgehead atoms. The van der Waals surface area contributed by atoms with Crippen LogP contribution in [0.5, 0.6) is 11.5 Å². The van der Waals surface area contributed by atoms with E-state index >= 15 is 0 Å². The summed E-state index contributed by atoms with van der Waals surface area (Å²) < 4.78 is 42.2. The van der Waals surface area contributed by atoms with Gasteiger partial charge in [-0.25, -0.2) is 9.79 Å². The molecular formula is C28H30F3N3O6S. The summed E-state index contributed by atoms with van der Waals surface area (Å²) in [6.07, 6.45) is -3.58. The molecule has 9 nitrogen and oxygen atoms in total. The third-order valence-electron chi connectivity index (χ3n) is 5.46. The van der Waals surface area contributed by atoms with Gasteiger partial charge in [-0.1, -0.05) is 42.5 Å². The predicted molar refractivity (Wildman–Crippen MR) is 148 cm³/mol. The van der Waals surface area contributed by atoms with Crippen molar-refractivity contribution in [3.8, 4) is 11.5 Å². The van der Waals surface area contributed by atoms with Crippen LogP contribution in [0.1, 0.15) is 22.4 Å². The van der Waals surface area contributed by atoms with E-state index < -0.39 is 18.2 Å². The summed E-state index contributed by atoms with van der Waals surface area (Å²) in [6, 6.07) is 18.2. The number of aryl methyl sites for hydroxylation is 1. The normalized spacial score (nSPS) is 12.0. The highest BCUT2D eigenvalue weighted by atomic mass is 32.1. The van der Waals surface area contributed by atoms with Gasteiger partial charge in [0.15, 0.2) is 23.2 Å². The number of guanidine groups is 1. The van der Waals surface area contributed by atoms with E-state index in [0.717, 1.165) is 16.0 Å². The van der Waals surface area contributed by atoms with Crippen molar-refractivity contribution in [2.75, 3.05) is 14.2 Å². The zero-order valence-electron chi connectivity index (χ0n) is 22.3. The number of carbonyl (C=O) groups is 3. The highest BCUT2D eigenvalue weighted by Crippen LogP contribution is 2.27. The monoisotopic (exact) mass is 593 g/mol. The molecule has 0 unspecified atom stereocenters. The minimum Gasteiger partial charge on any atom is -0.493 e. The van der Waals surface area contributed by atoms with E-state index in [4.69, 9.17) is 25.1 Å². The van der Waals surface area contributed by atoms with Crippen LogP contribution in [0.4, 0.5) is 13.2 Å². The van der Waals surface area contributed by atoms with Crippen LogP contribution < -0.4 is 20.5 Å². The number of hydrogen-bond donors (Lipinski definition) is 3. The van der Waals surface area contributed by atoms with E-state index in [1.807, 2.05) is 47.8 Å². The summed E-state index contributed by atoms with van der Waals surface area (Å²) in [6.45, 7) is 0. The summed E-state index contributed by atoms with van der Waals surface area (Å²) in [5, 5.41) is 11.7. The Morgan fingerprint density at radius 1 is 1.00 bits per heavy atom. The minimum atomic E-state index is -5.08. The first kappa shape index (κ1) is 32.8.